The van der Waals surface area contributed by atoms with Crippen LogP contribution >= 0.6 is 0 Å². The van der Waals surface area contributed by atoms with Gasteiger partial charge in [0.2, 0.25) is 0 Å². The van der Waals surface area contributed by atoms with Crippen molar-refractivity contribution in [1.82, 2.24) is 10.2 Å². The lowest BCUT2D eigenvalue weighted by Crippen LogP contribution is -2.44. The molecule has 0 aliphatic carbocycles. The summed E-state index contributed by atoms with van der Waals surface area (Å²) >= 11 is 0. The lowest BCUT2D eigenvalue weighted by Gasteiger charge is -2.37. The molecule has 0 radical (unpaired) electrons. The molecule has 0 bridgehead atoms. The molecule has 1 unspecified atom stereocenters. The van der Waals surface area contributed by atoms with Crippen molar-refractivity contribution >= 4 is 0 Å². The minimum absolute atomic E-state index is 0.420. The van der Waals surface area contributed by atoms with E-state index in [1.807, 2.05) is 0 Å². The van der Waals surface area contributed by atoms with Gasteiger partial charge in [-0.05, 0) is 45.7 Å². The molecular weight excluding hydrogens is 196 g/mol. The molecule has 0 aliphatic heterocycles. The quantitative estimate of drug-likeness (QED) is 0.652. The highest BCUT2D eigenvalue weighted by molar-refractivity contribution is 4.81. The molecule has 2 heteroatoms. The first-order valence-corrected chi connectivity index (χ1v) is 6.87. The van der Waals surface area contributed by atoms with Crippen LogP contribution in [0.4, 0.5) is 0 Å². The third-order valence-corrected chi connectivity index (χ3v) is 3.28. The van der Waals surface area contributed by atoms with E-state index in [2.05, 4.69) is 51.9 Å². The Kier molecular flexibility index (Phi) is 8.04. The van der Waals surface area contributed by atoms with E-state index in [-0.39, 0.29) is 0 Å². The molecule has 1 N–H and O–H groups in total. The van der Waals surface area contributed by atoms with Gasteiger partial charge >= 0.3 is 0 Å². The largest absolute Gasteiger partial charge is 0.319 e. The van der Waals surface area contributed by atoms with Crippen LogP contribution in [0.15, 0.2) is 0 Å². The monoisotopic (exact) mass is 228 g/mol. The second kappa shape index (κ2) is 8.08. The molecule has 0 fully saturated rings. The maximum absolute atomic E-state index is 3.35. The van der Waals surface area contributed by atoms with Crippen molar-refractivity contribution in [1.29, 1.82) is 0 Å². The molecule has 0 spiro atoms. The summed E-state index contributed by atoms with van der Waals surface area (Å²) in [5.74, 6) is 0. The summed E-state index contributed by atoms with van der Waals surface area (Å²) in [6.45, 7) is 15.1. The number of hydrogen-bond donors (Lipinski definition) is 1. The zero-order valence-electron chi connectivity index (χ0n) is 12.3. The molecule has 0 aromatic carbocycles. The zero-order chi connectivity index (χ0) is 12.6. The molecule has 0 aromatic rings. The fourth-order valence-electron chi connectivity index (χ4n) is 2.55. The van der Waals surface area contributed by atoms with Crippen LogP contribution in [-0.4, -0.2) is 37.6 Å². The van der Waals surface area contributed by atoms with Gasteiger partial charge in [0.25, 0.3) is 0 Å². The van der Waals surface area contributed by atoms with Gasteiger partial charge in [0.1, 0.15) is 0 Å². The molecule has 2 nitrogen and oxygen atoms in total. The summed E-state index contributed by atoms with van der Waals surface area (Å²) in [5, 5.41) is 3.35. The molecule has 0 saturated carbocycles. The summed E-state index contributed by atoms with van der Waals surface area (Å²) in [6.07, 6.45) is 3.83. The minimum atomic E-state index is 0.420. The molecule has 0 amide bonds. The average Bonchev–Trinajstić information content (AvgIpc) is 2.17. The third kappa shape index (κ3) is 5.86. The van der Waals surface area contributed by atoms with Crippen molar-refractivity contribution in [2.24, 2.45) is 5.41 Å². The van der Waals surface area contributed by atoms with Gasteiger partial charge < -0.3 is 10.2 Å². The van der Waals surface area contributed by atoms with E-state index in [9.17, 15) is 0 Å². The van der Waals surface area contributed by atoms with E-state index in [0.717, 1.165) is 6.54 Å². The number of nitrogens with zero attached hydrogens (tertiary/aromatic N) is 1. The molecule has 0 aliphatic rings. The van der Waals surface area contributed by atoms with E-state index in [1.165, 1.54) is 32.4 Å². The molecule has 1 atom stereocenters. The molecule has 0 heterocycles. The Hall–Kier alpha value is -0.0800. The SMILES string of the molecule is CCCN(CC(C)(CCC)CNC)C(C)C. The fourth-order valence-corrected chi connectivity index (χ4v) is 2.55. The van der Waals surface area contributed by atoms with Crippen LogP contribution < -0.4 is 5.32 Å². The van der Waals surface area contributed by atoms with E-state index in [0.29, 0.717) is 11.5 Å². The highest BCUT2D eigenvalue weighted by Gasteiger charge is 2.26. The Balaban J connectivity index is 4.43. The first kappa shape index (κ1) is 15.9. The summed E-state index contributed by atoms with van der Waals surface area (Å²) in [5.41, 5.74) is 0.420. The highest BCUT2D eigenvalue weighted by atomic mass is 15.2. The molecule has 0 saturated heterocycles. The number of rotatable bonds is 9. The second-order valence-electron chi connectivity index (χ2n) is 5.66. The topological polar surface area (TPSA) is 15.3 Å². The van der Waals surface area contributed by atoms with Crippen LogP contribution in [0.3, 0.4) is 0 Å². The van der Waals surface area contributed by atoms with Crippen LogP contribution in [0.25, 0.3) is 0 Å². The van der Waals surface area contributed by atoms with Crippen LogP contribution in [0.1, 0.15) is 53.9 Å². The second-order valence-corrected chi connectivity index (χ2v) is 5.66. The van der Waals surface area contributed by atoms with Crippen LogP contribution in [-0.2, 0) is 0 Å². The lowest BCUT2D eigenvalue weighted by atomic mass is 9.84. The summed E-state index contributed by atoms with van der Waals surface area (Å²) in [4.78, 5) is 2.62. The number of nitrogens with one attached hydrogen (secondary N) is 1. The fraction of sp³-hybridized carbons (Fsp3) is 1.00. The lowest BCUT2D eigenvalue weighted by molar-refractivity contribution is 0.124. The van der Waals surface area contributed by atoms with Crippen LogP contribution in [0.5, 0.6) is 0 Å². The Morgan fingerprint density at radius 1 is 1.19 bits per heavy atom. The summed E-state index contributed by atoms with van der Waals surface area (Å²) in [7, 11) is 2.06. The molecule has 0 aromatic heterocycles. The van der Waals surface area contributed by atoms with Gasteiger partial charge in [-0.2, -0.15) is 0 Å². The first-order valence-electron chi connectivity index (χ1n) is 6.87. The molecular formula is C14H32N2. The van der Waals surface area contributed by atoms with E-state index < -0.39 is 0 Å². The van der Waals surface area contributed by atoms with Gasteiger partial charge in [-0.15, -0.1) is 0 Å². The molecule has 98 valence electrons. The average molecular weight is 228 g/mol. The van der Waals surface area contributed by atoms with Crippen molar-refractivity contribution < 1.29 is 0 Å². The first-order chi connectivity index (χ1) is 7.49. The van der Waals surface area contributed by atoms with Crippen LogP contribution in [0, 0.1) is 5.41 Å². The molecule has 0 rings (SSSR count). The predicted molar refractivity (Wildman–Crippen MR) is 73.9 cm³/mol. The Morgan fingerprint density at radius 2 is 1.81 bits per heavy atom. The standard InChI is InChI=1S/C14H32N2/c1-7-9-14(5,11-15-6)12-16(10-8-2)13(3)4/h13,15H,7-12H2,1-6H3. The van der Waals surface area contributed by atoms with Gasteiger partial charge in [-0.25, -0.2) is 0 Å². The third-order valence-electron chi connectivity index (χ3n) is 3.28. The Bertz CT molecular complexity index is 160. The minimum Gasteiger partial charge on any atom is -0.319 e. The maximum atomic E-state index is 3.35. The zero-order valence-corrected chi connectivity index (χ0v) is 12.3. The number of hydrogen-bond acceptors (Lipinski definition) is 2. The predicted octanol–water partition coefficient (Wildman–Crippen LogP) is 3.13. The Labute approximate surface area is 103 Å². The van der Waals surface area contributed by atoms with Crippen molar-refractivity contribution in [2.75, 3.05) is 26.7 Å². The van der Waals surface area contributed by atoms with Crippen molar-refractivity contribution in [2.45, 2.75) is 59.9 Å². The summed E-state index contributed by atoms with van der Waals surface area (Å²) < 4.78 is 0. The van der Waals surface area contributed by atoms with Crippen LogP contribution in [0.2, 0.25) is 0 Å². The van der Waals surface area contributed by atoms with Gasteiger partial charge in [-0.3, -0.25) is 0 Å². The summed E-state index contributed by atoms with van der Waals surface area (Å²) in [6, 6.07) is 0.660. The van der Waals surface area contributed by atoms with Gasteiger partial charge in [0.15, 0.2) is 0 Å². The molecule has 16 heavy (non-hydrogen) atoms. The van der Waals surface area contributed by atoms with E-state index in [4.69, 9.17) is 0 Å². The highest BCUT2D eigenvalue weighted by Crippen LogP contribution is 2.24. The van der Waals surface area contributed by atoms with Crippen molar-refractivity contribution in [3.8, 4) is 0 Å². The van der Waals surface area contributed by atoms with E-state index >= 15 is 0 Å². The van der Waals surface area contributed by atoms with Crippen molar-refractivity contribution in [3.05, 3.63) is 0 Å². The van der Waals surface area contributed by atoms with Crippen molar-refractivity contribution in [3.63, 3.8) is 0 Å². The normalized spacial score (nSPS) is 15.8. The van der Waals surface area contributed by atoms with E-state index in [1.54, 1.807) is 0 Å². The Morgan fingerprint density at radius 3 is 2.19 bits per heavy atom. The van der Waals surface area contributed by atoms with Gasteiger partial charge in [-0.1, -0.05) is 27.2 Å². The maximum Gasteiger partial charge on any atom is 0.00502 e. The van der Waals surface area contributed by atoms with Gasteiger partial charge in [0, 0.05) is 19.1 Å². The van der Waals surface area contributed by atoms with Gasteiger partial charge in [0.05, 0.1) is 0 Å². The smallest absolute Gasteiger partial charge is 0.00502 e.